The summed E-state index contributed by atoms with van der Waals surface area (Å²) >= 11 is 0. The molecule has 0 aromatic heterocycles. The maximum Gasteiger partial charge on any atom is 0.373 e. The van der Waals surface area contributed by atoms with Crippen molar-refractivity contribution in [2.45, 2.75) is 6.61 Å². The Morgan fingerprint density at radius 3 is 2.30 bits per heavy atom. The molecule has 0 saturated heterocycles. The molecule has 102 valence electrons. The summed E-state index contributed by atoms with van der Waals surface area (Å²) in [6.07, 6.45) is 1.36. The molecule has 2 aromatic rings. The monoisotopic (exact) mass is 269 g/mol. The lowest BCUT2D eigenvalue weighted by atomic mass is 10.2. The Kier molecular flexibility index (Phi) is 4.89. The summed E-state index contributed by atoms with van der Waals surface area (Å²) in [4.78, 5) is 11.5. The fourth-order valence-corrected chi connectivity index (χ4v) is 1.66. The molecular weight excluding hydrogens is 254 g/mol. The number of hydrogen-bond donors (Lipinski definition) is 0. The SMILES string of the molecule is O=C(C/[N+]([O-])=C/c1ccccc1)OCc1ccccc1. The zero-order valence-electron chi connectivity index (χ0n) is 10.9. The molecule has 2 aromatic carbocycles. The summed E-state index contributed by atoms with van der Waals surface area (Å²) in [5, 5.41) is 11.6. The third kappa shape index (κ3) is 4.57. The minimum absolute atomic E-state index is 0.179. The van der Waals surface area contributed by atoms with Gasteiger partial charge in [-0.2, -0.15) is 4.74 Å². The van der Waals surface area contributed by atoms with Crippen LogP contribution in [-0.2, 0) is 16.1 Å². The van der Waals surface area contributed by atoms with E-state index >= 15 is 0 Å². The maximum atomic E-state index is 11.6. The van der Waals surface area contributed by atoms with Crippen LogP contribution in [0.3, 0.4) is 0 Å². The van der Waals surface area contributed by atoms with Crippen molar-refractivity contribution in [2.75, 3.05) is 6.54 Å². The van der Waals surface area contributed by atoms with Crippen LogP contribution in [0.1, 0.15) is 11.1 Å². The van der Waals surface area contributed by atoms with Gasteiger partial charge < -0.3 is 9.94 Å². The van der Waals surface area contributed by atoms with Crippen LogP contribution in [-0.4, -0.2) is 23.5 Å². The van der Waals surface area contributed by atoms with E-state index < -0.39 is 5.97 Å². The van der Waals surface area contributed by atoms with Gasteiger partial charge in [0.05, 0.1) is 0 Å². The summed E-state index contributed by atoms with van der Waals surface area (Å²) < 4.78 is 5.61. The van der Waals surface area contributed by atoms with Crippen molar-refractivity contribution in [3.05, 3.63) is 77.0 Å². The van der Waals surface area contributed by atoms with Gasteiger partial charge in [-0.25, -0.2) is 4.79 Å². The van der Waals surface area contributed by atoms with Crippen LogP contribution in [0.2, 0.25) is 0 Å². The van der Waals surface area contributed by atoms with Gasteiger partial charge >= 0.3 is 5.97 Å². The fraction of sp³-hybridized carbons (Fsp3) is 0.125. The number of hydrogen-bond acceptors (Lipinski definition) is 3. The van der Waals surface area contributed by atoms with E-state index in [9.17, 15) is 10.0 Å². The summed E-state index contributed by atoms with van der Waals surface area (Å²) in [7, 11) is 0. The predicted molar refractivity (Wildman–Crippen MR) is 76.3 cm³/mol. The van der Waals surface area contributed by atoms with Crippen molar-refractivity contribution in [3.8, 4) is 0 Å². The van der Waals surface area contributed by atoms with E-state index in [0.29, 0.717) is 4.74 Å². The maximum absolute atomic E-state index is 11.6. The lowest BCUT2D eigenvalue weighted by Gasteiger charge is -2.05. The lowest BCUT2D eigenvalue weighted by Crippen LogP contribution is -2.19. The number of carbonyl (C=O) groups is 1. The molecule has 0 bridgehead atoms. The molecule has 0 N–H and O–H groups in total. The van der Waals surface area contributed by atoms with E-state index in [1.807, 2.05) is 48.5 Å². The van der Waals surface area contributed by atoms with Gasteiger partial charge in [-0.3, -0.25) is 0 Å². The topological polar surface area (TPSA) is 52.4 Å². The zero-order chi connectivity index (χ0) is 14.2. The highest BCUT2D eigenvalue weighted by Gasteiger charge is 2.08. The van der Waals surface area contributed by atoms with Gasteiger partial charge in [0.15, 0.2) is 6.21 Å². The highest BCUT2D eigenvalue weighted by molar-refractivity contribution is 5.77. The number of esters is 1. The molecular formula is C16H15NO3. The molecule has 0 heterocycles. The molecule has 0 saturated carbocycles. The quantitative estimate of drug-likeness (QED) is 0.275. The minimum atomic E-state index is -0.545. The van der Waals surface area contributed by atoms with Gasteiger partial charge in [0.1, 0.15) is 6.61 Å². The van der Waals surface area contributed by atoms with Crippen molar-refractivity contribution in [1.29, 1.82) is 0 Å². The summed E-state index contributed by atoms with van der Waals surface area (Å²) in [5.41, 5.74) is 1.64. The normalized spacial score (nSPS) is 11.1. The number of benzene rings is 2. The first-order valence-corrected chi connectivity index (χ1v) is 6.27. The second-order valence-electron chi connectivity index (χ2n) is 4.26. The van der Waals surface area contributed by atoms with Gasteiger partial charge in [0.25, 0.3) is 0 Å². The number of ether oxygens (including phenoxy) is 1. The van der Waals surface area contributed by atoms with E-state index in [1.54, 1.807) is 12.1 Å². The molecule has 0 unspecified atom stereocenters. The molecule has 0 amide bonds. The minimum Gasteiger partial charge on any atom is -0.623 e. The second kappa shape index (κ2) is 7.09. The van der Waals surface area contributed by atoms with Crippen LogP contribution in [0.5, 0.6) is 0 Å². The number of carbonyl (C=O) groups excluding carboxylic acids is 1. The Balaban J connectivity index is 1.84. The van der Waals surface area contributed by atoms with Gasteiger partial charge in [0.2, 0.25) is 6.54 Å². The van der Waals surface area contributed by atoms with Crippen molar-refractivity contribution >= 4 is 12.2 Å². The van der Waals surface area contributed by atoms with E-state index in [0.717, 1.165) is 11.1 Å². The predicted octanol–water partition coefficient (Wildman–Crippen LogP) is 2.36. The summed E-state index contributed by atoms with van der Waals surface area (Å²) in [5.74, 6) is -0.545. The molecule has 0 atom stereocenters. The largest absolute Gasteiger partial charge is 0.623 e. The average molecular weight is 269 g/mol. The lowest BCUT2D eigenvalue weighted by molar-refractivity contribution is -0.443. The second-order valence-corrected chi connectivity index (χ2v) is 4.26. The van der Waals surface area contributed by atoms with Crippen LogP contribution in [0.25, 0.3) is 0 Å². The third-order valence-electron chi connectivity index (χ3n) is 2.62. The first-order chi connectivity index (χ1) is 9.74. The van der Waals surface area contributed by atoms with E-state index in [1.165, 1.54) is 6.21 Å². The Labute approximate surface area is 117 Å². The first-order valence-electron chi connectivity index (χ1n) is 6.27. The summed E-state index contributed by atoms with van der Waals surface area (Å²) in [6, 6.07) is 18.4. The van der Waals surface area contributed by atoms with E-state index in [2.05, 4.69) is 0 Å². The standard InChI is InChI=1S/C16H15NO3/c18-16(20-13-15-9-5-2-6-10-15)12-17(19)11-14-7-3-1-4-8-14/h1-11H,12-13H2/b17-11-. The average Bonchev–Trinajstić information content (AvgIpc) is 2.47. The highest BCUT2D eigenvalue weighted by Crippen LogP contribution is 2.00. The van der Waals surface area contributed by atoms with Crippen molar-refractivity contribution in [2.24, 2.45) is 0 Å². The highest BCUT2D eigenvalue weighted by atomic mass is 16.5. The van der Waals surface area contributed by atoms with Gasteiger partial charge in [-0.15, -0.1) is 0 Å². The van der Waals surface area contributed by atoms with Crippen LogP contribution in [0.15, 0.2) is 60.7 Å². The van der Waals surface area contributed by atoms with Gasteiger partial charge in [-0.05, 0) is 17.7 Å². The van der Waals surface area contributed by atoms with Crippen LogP contribution >= 0.6 is 0 Å². The summed E-state index contributed by atoms with van der Waals surface area (Å²) in [6.45, 7) is -0.138. The fourth-order valence-electron chi connectivity index (χ4n) is 1.66. The number of hydroxylamine groups is 1. The molecule has 0 aliphatic rings. The Hall–Kier alpha value is -2.62. The smallest absolute Gasteiger partial charge is 0.373 e. The van der Waals surface area contributed by atoms with Crippen molar-refractivity contribution in [1.82, 2.24) is 0 Å². The van der Waals surface area contributed by atoms with Crippen molar-refractivity contribution in [3.63, 3.8) is 0 Å². The van der Waals surface area contributed by atoms with Gasteiger partial charge in [0, 0.05) is 5.56 Å². The molecule has 0 fully saturated rings. The molecule has 4 nitrogen and oxygen atoms in total. The molecule has 0 spiro atoms. The van der Waals surface area contributed by atoms with E-state index in [-0.39, 0.29) is 13.2 Å². The number of nitrogens with zero attached hydrogens (tertiary/aromatic N) is 1. The van der Waals surface area contributed by atoms with Crippen LogP contribution < -0.4 is 0 Å². The Morgan fingerprint density at radius 2 is 1.65 bits per heavy atom. The Morgan fingerprint density at radius 1 is 1.05 bits per heavy atom. The zero-order valence-corrected chi connectivity index (χ0v) is 10.9. The molecule has 20 heavy (non-hydrogen) atoms. The number of rotatable bonds is 5. The van der Waals surface area contributed by atoms with E-state index in [4.69, 9.17) is 4.74 Å². The molecule has 0 aliphatic carbocycles. The van der Waals surface area contributed by atoms with Gasteiger partial charge in [-0.1, -0.05) is 48.5 Å². The first kappa shape index (κ1) is 13.8. The van der Waals surface area contributed by atoms with Crippen LogP contribution in [0, 0.1) is 5.21 Å². The molecule has 0 radical (unpaired) electrons. The third-order valence-corrected chi connectivity index (χ3v) is 2.62. The molecule has 4 heteroatoms. The molecule has 0 aliphatic heterocycles. The molecule has 2 rings (SSSR count). The van der Waals surface area contributed by atoms with Crippen LogP contribution in [0.4, 0.5) is 0 Å². The van der Waals surface area contributed by atoms with Crippen molar-refractivity contribution < 1.29 is 14.3 Å². The Bertz CT molecular complexity index is 579.